The second-order valence-electron chi connectivity index (χ2n) is 5.20. The third-order valence-electron chi connectivity index (χ3n) is 3.73. The molecule has 2 aromatic heterocycles. The predicted octanol–water partition coefficient (Wildman–Crippen LogP) is 3.45. The standard InChI is InChI=1S/C15H15FIN4O2P/c1-4-11-9-5-8(6-10(16)14(9)21(19-11)24-17)13-12(7-23-3)18-20(2)15(13)22/h4-6,18,24H,1,7H2,2-3H3. The number of nitrogens with one attached hydrogen (secondary N) is 1. The molecule has 1 atom stereocenters. The Bertz CT molecular complexity index is 992. The number of methoxy groups -OCH3 is 1. The Kier molecular flexibility index (Phi) is 4.89. The number of hydrogen-bond donors (Lipinski definition) is 1. The monoisotopic (exact) mass is 460 g/mol. The lowest BCUT2D eigenvalue weighted by atomic mass is 10.0. The first kappa shape index (κ1) is 17.3. The summed E-state index contributed by atoms with van der Waals surface area (Å²) >= 11 is 2.15. The highest BCUT2D eigenvalue weighted by molar-refractivity contribution is 14.2. The predicted molar refractivity (Wildman–Crippen MR) is 103 cm³/mol. The topological polar surface area (TPSA) is 64.8 Å². The summed E-state index contributed by atoms with van der Waals surface area (Å²) < 4.78 is 22.8. The lowest BCUT2D eigenvalue weighted by molar-refractivity contribution is 0.181. The van der Waals surface area contributed by atoms with Crippen LogP contribution in [0.3, 0.4) is 0 Å². The molecule has 6 nitrogen and oxygen atoms in total. The summed E-state index contributed by atoms with van der Waals surface area (Å²) in [5.41, 5.74) is 2.28. The average Bonchev–Trinajstić information content (AvgIpc) is 3.06. The molecule has 9 heteroatoms. The molecule has 0 bridgehead atoms. The minimum Gasteiger partial charge on any atom is -0.378 e. The van der Waals surface area contributed by atoms with Crippen LogP contribution in [0.1, 0.15) is 11.4 Å². The molecule has 2 heterocycles. The van der Waals surface area contributed by atoms with Crippen LogP contribution in [-0.2, 0) is 18.4 Å². The van der Waals surface area contributed by atoms with Crippen LogP contribution in [0.2, 0.25) is 0 Å². The molecule has 1 aromatic carbocycles. The summed E-state index contributed by atoms with van der Waals surface area (Å²) in [6.07, 6.45) is 1.85. The van der Waals surface area contributed by atoms with Crippen LogP contribution in [0.15, 0.2) is 23.5 Å². The quantitative estimate of drug-likeness (QED) is 0.469. The molecule has 0 spiro atoms. The molecule has 24 heavy (non-hydrogen) atoms. The van der Waals surface area contributed by atoms with Gasteiger partial charge in [0.2, 0.25) is 0 Å². The molecule has 3 aromatic rings. The summed E-state index contributed by atoms with van der Waals surface area (Å²) in [6, 6.07) is 3.15. The van der Waals surface area contributed by atoms with Crippen molar-refractivity contribution in [1.82, 2.24) is 19.3 Å². The minimum absolute atomic E-state index is 0.230. The summed E-state index contributed by atoms with van der Waals surface area (Å²) in [5, 5.41) is 7.93. The second-order valence-corrected chi connectivity index (χ2v) is 7.24. The third kappa shape index (κ3) is 2.72. The number of halogens is 2. The van der Waals surface area contributed by atoms with Gasteiger partial charge in [-0.2, -0.15) is 5.10 Å². The van der Waals surface area contributed by atoms with E-state index >= 15 is 0 Å². The molecule has 126 valence electrons. The molecule has 0 aliphatic heterocycles. The molecule has 0 saturated carbocycles. The van der Waals surface area contributed by atoms with Crippen LogP contribution in [0.5, 0.6) is 0 Å². The lowest BCUT2D eigenvalue weighted by Gasteiger charge is -2.04. The first-order chi connectivity index (χ1) is 11.5. The van der Waals surface area contributed by atoms with Crippen molar-refractivity contribution in [3.63, 3.8) is 0 Å². The van der Waals surface area contributed by atoms with E-state index < -0.39 is 5.82 Å². The van der Waals surface area contributed by atoms with Gasteiger partial charge in [-0.05, 0) is 45.8 Å². The van der Waals surface area contributed by atoms with E-state index in [1.807, 2.05) is 0 Å². The molecule has 0 aliphatic carbocycles. The van der Waals surface area contributed by atoms with Crippen molar-refractivity contribution in [3.8, 4) is 11.1 Å². The maximum absolute atomic E-state index is 14.7. The zero-order valence-electron chi connectivity index (χ0n) is 13.1. The number of aromatic amines is 1. The van der Waals surface area contributed by atoms with Crippen molar-refractivity contribution < 1.29 is 9.13 Å². The molecule has 0 fully saturated rings. The van der Waals surface area contributed by atoms with E-state index in [0.717, 1.165) is 0 Å². The number of fused-ring (bicyclic) bond motifs is 1. The van der Waals surface area contributed by atoms with Crippen LogP contribution in [0, 0.1) is 5.82 Å². The minimum atomic E-state index is -0.418. The van der Waals surface area contributed by atoms with Gasteiger partial charge in [-0.25, -0.2) is 8.84 Å². The van der Waals surface area contributed by atoms with Crippen molar-refractivity contribution in [1.29, 1.82) is 0 Å². The Hall–Kier alpha value is -1.51. The highest BCUT2D eigenvalue weighted by Crippen LogP contribution is 2.35. The molecule has 1 N–H and O–H groups in total. The van der Waals surface area contributed by atoms with Gasteiger partial charge in [0.05, 0.1) is 29.9 Å². The fourth-order valence-electron chi connectivity index (χ4n) is 2.73. The summed E-state index contributed by atoms with van der Waals surface area (Å²) in [7, 11) is 3.16. The Morgan fingerprint density at radius 3 is 2.92 bits per heavy atom. The summed E-state index contributed by atoms with van der Waals surface area (Å²) in [4.78, 5) is 12.4. The van der Waals surface area contributed by atoms with Gasteiger partial charge < -0.3 is 4.74 Å². The van der Waals surface area contributed by atoms with Crippen molar-refractivity contribution in [2.45, 2.75) is 6.61 Å². The van der Waals surface area contributed by atoms with Gasteiger partial charge in [-0.3, -0.25) is 14.6 Å². The first-order valence-corrected chi connectivity index (χ1v) is 11.1. The zero-order valence-corrected chi connectivity index (χ0v) is 16.2. The van der Waals surface area contributed by atoms with Crippen LogP contribution in [0.4, 0.5) is 4.39 Å². The fraction of sp³-hybridized carbons (Fsp3) is 0.200. The Morgan fingerprint density at radius 1 is 1.54 bits per heavy atom. The molecule has 1 unspecified atom stereocenters. The second kappa shape index (κ2) is 6.78. The van der Waals surface area contributed by atoms with E-state index in [0.29, 0.717) is 33.4 Å². The molecule has 0 amide bonds. The summed E-state index contributed by atoms with van der Waals surface area (Å²) in [6.45, 7) is 3.97. The van der Waals surface area contributed by atoms with Crippen molar-refractivity contribution in [2.24, 2.45) is 7.05 Å². The van der Waals surface area contributed by atoms with E-state index in [4.69, 9.17) is 4.74 Å². The van der Waals surface area contributed by atoms with Gasteiger partial charge in [0.25, 0.3) is 5.56 Å². The van der Waals surface area contributed by atoms with E-state index in [1.54, 1.807) is 30.8 Å². The molecule has 0 aliphatic rings. The van der Waals surface area contributed by atoms with Crippen LogP contribution in [-0.4, -0.2) is 26.4 Å². The number of nitrogens with zero attached hydrogens (tertiary/aromatic N) is 3. The number of aryl methyl sites for hydroxylation is 1. The van der Waals surface area contributed by atoms with Crippen molar-refractivity contribution in [2.75, 3.05) is 7.11 Å². The zero-order chi connectivity index (χ0) is 17.4. The smallest absolute Gasteiger partial charge is 0.274 e. The van der Waals surface area contributed by atoms with Crippen LogP contribution in [0.25, 0.3) is 28.1 Å². The maximum Gasteiger partial charge on any atom is 0.274 e. The van der Waals surface area contributed by atoms with Crippen LogP contribution < -0.4 is 5.56 Å². The van der Waals surface area contributed by atoms with E-state index in [2.05, 4.69) is 38.8 Å². The van der Waals surface area contributed by atoms with Crippen molar-refractivity contribution in [3.05, 3.63) is 46.3 Å². The number of benzene rings is 1. The fourth-order valence-corrected chi connectivity index (χ4v) is 4.23. The average molecular weight is 460 g/mol. The molecule has 0 saturated heterocycles. The largest absolute Gasteiger partial charge is 0.378 e. The lowest BCUT2D eigenvalue weighted by Crippen LogP contribution is -2.13. The SMILES string of the molecule is C=Cc1nn(PI)c2c(F)cc(-c3c(COC)[nH]n(C)c3=O)cc12. The Morgan fingerprint density at radius 2 is 2.29 bits per heavy atom. The van der Waals surface area contributed by atoms with Gasteiger partial charge in [-0.1, -0.05) is 6.58 Å². The van der Waals surface area contributed by atoms with Gasteiger partial charge in [-0.15, -0.1) is 0 Å². The van der Waals surface area contributed by atoms with Gasteiger partial charge in [0.15, 0.2) is 0 Å². The Labute approximate surface area is 152 Å². The van der Waals surface area contributed by atoms with Gasteiger partial charge in [0.1, 0.15) is 11.3 Å². The maximum atomic E-state index is 14.7. The van der Waals surface area contributed by atoms with Crippen molar-refractivity contribution >= 4 is 45.4 Å². The number of aromatic nitrogens is 4. The molecule has 3 rings (SSSR count). The third-order valence-corrected chi connectivity index (χ3v) is 5.59. The van der Waals surface area contributed by atoms with E-state index in [-0.39, 0.29) is 18.5 Å². The number of hydrogen-bond acceptors (Lipinski definition) is 3. The Balaban J connectivity index is 2.33. The van der Waals surface area contributed by atoms with E-state index in [9.17, 15) is 9.18 Å². The number of ether oxygens (including phenoxy) is 1. The number of rotatable bonds is 5. The number of H-pyrrole nitrogens is 1. The normalized spacial score (nSPS) is 11.8. The van der Waals surface area contributed by atoms with Crippen LogP contribution >= 0.6 is 28.4 Å². The van der Waals surface area contributed by atoms with Gasteiger partial charge >= 0.3 is 0 Å². The molecular formula is C15H15FIN4O2P. The van der Waals surface area contributed by atoms with Gasteiger partial charge in [0, 0.05) is 19.5 Å². The highest BCUT2D eigenvalue weighted by Gasteiger charge is 2.19. The van der Waals surface area contributed by atoms with E-state index in [1.165, 1.54) is 10.7 Å². The molecule has 0 radical (unpaired) electrons. The highest BCUT2D eigenvalue weighted by atomic mass is 127. The molecular weight excluding hydrogens is 445 g/mol. The first-order valence-electron chi connectivity index (χ1n) is 7.00. The summed E-state index contributed by atoms with van der Waals surface area (Å²) in [5.74, 6) is -0.418.